The van der Waals surface area contributed by atoms with Crippen LogP contribution in [0.15, 0.2) is 12.3 Å². The molecule has 1 aromatic rings. The number of nitrogens with two attached hydrogens (primary N) is 1. The number of nitrogen functional groups attached to an aromatic ring is 1. The summed E-state index contributed by atoms with van der Waals surface area (Å²) in [5.41, 5.74) is 4.25. The van der Waals surface area contributed by atoms with E-state index < -0.39 is 28.8 Å². The zero-order valence-corrected chi connectivity index (χ0v) is 11.7. The fourth-order valence-electron chi connectivity index (χ4n) is 1.07. The number of anilines is 2. The van der Waals surface area contributed by atoms with Gasteiger partial charge in [0.2, 0.25) is 0 Å². The van der Waals surface area contributed by atoms with Gasteiger partial charge in [-0.15, -0.1) is 0 Å². The Morgan fingerprint density at radius 2 is 1.80 bits per heavy atom. The van der Waals surface area contributed by atoms with Gasteiger partial charge in [-0.25, -0.2) is 4.98 Å². The molecule has 1 aromatic heterocycles. The van der Waals surface area contributed by atoms with Gasteiger partial charge in [-0.1, -0.05) is 0 Å². The fourth-order valence-corrected chi connectivity index (χ4v) is 1.07. The van der Waals surface area contributed by atoms with Crippen molar-refractivity contribution in [2.75, 3.05) is 11.2 Å². The first-order chi connectivity index (χ1) is 8.84. The normalized spacial score (nSPS) is 13.4. The number of hydrogen-bond acceptors (Lipinski definition) is 5. The van der Waals surface area contributed by atoms with Crippen molar-refractivity contribution in [1.29, 1.82) is 0 Å². The summed E-state index contributed by atoms with van der Waals surface area (Å²) in [5.74, 6) is -0.607. The number of nitrogens with one attached hydrogen (secondary N) is 1. The Hall–Kier alpha value is -1.54. The summed E-state index contributed by atoms with van der Waals surface area (Å²) in [6.07, 6.45) is -3.48. The number of alkyl halides is 3. The van der Waals surface area contributed by atoms with Gasteiger partial charge >= 0.3 is 6.18 Å². The standard InChI is InChI=1S/C12H18F3N3O2/c1-10(2,19)11(3,4)20-18-7-5-8(12(13,14)15)9(16)17-6-7/h5-6,18-19H,1-4H3,(H2,16,17). The summed E-state index contributed by atoms with van der Waals surface area (Å²) >= 11 is 0. The number of aromatic nitrogens is 1. The van der Waals surface area contributed by atoms with Gasteiger partial charge in [-0.3, -0.25) is 10.3 Å². The van der Waals surface area contributed by atoms with Crippen LogP contribution in [0.1, 0.15) is 33.3 Å². The van der Waals surface area contributed by atoms with E-state index in [2.05, 4.69) is 10.5 Å². The van der Waals surface area contributed by atoms with Crippen molar-refractivity contribution in [3.05, 3.63) is 17.8 Å². The SMILES string of the molecule is CC(C)(O)C(C)(C)ONc1cnc(N)c(C(F)(F)F)c1. The van der Waals surface area contributed by atoms with Crippen molar-refractivity contribution in [2.24, 2.45) is 0 Å². The van der Waals surface area contributed by atoms with E-state index in [-0.39, 0.29) is 5.69 Å². The average molecular weight is 293 g/mol. The molecular formula is C12H18F3N3O2. The molecule has 0 amide bonds. The van der Waals surface area contributed by atoms with Crippen molar-refractivity contribution in [1.82, 2.24) is 4.98 Å². The zero-order valence-electron chi connectivity index (χ0n) is 11.7. The zero-order chi connectivity index (χ0) is 15.8. The smallest absolute Gasteiger partial charge is 0.387 e. The van der Waals surface area contributed by atoms with Crippen molar-refractivity contribution in [2.45, 2.75) is 45.1 Å². The summed E-state index contributed by atoms with van der Waals surface area (Å²) in [5, 5.41) is 9.87. The molecule has 5 nitrogen and oxygen atoms in total. The molecular weight excluding hydrogens is 275 g/mol. The molecule has 0 aliphatic rings. The third-order valence-corrected chi connectivity index (χ3v) is 3.12. The van der Waals surface area contributed by atoms with Crippen molar-refractivity contribution < 1.29 is 23.1 Å². The molecule has 114 valence electrons. The third-order valence-electron chi connectivity index (χ3n) is 3.12. The van der Waals surface area contributed by atoms with Crippen LogP contribution < -0.4 is 11.2 Å². The molecule has 8 heteroatoms. The summed E-state index contributed by atoms with van der Waals surface area (Å²) in [6.45, 7) is 6.24. The van der Waals surface area contributed by atoms with E-state index in [0.29, 0.717) is 0 Å². The number of nitrogens with zero attached hydrogens (tertiary/aromatic N) is 1. The molecule has 0 fully saturated rings. The number of rotatable bonds is 4. The minimum atomic E-state index is -4.60. The van der Waals surface area contributed by atoms with E-state index in [0.717, 1.165) is 12.3 Å². The molecule has 0 bridgehead atoms. The minimum Gasteiger partial charge on any atom is -0.387 e. The maximum absolute atomic E-state index is 12.7. The number of hydrogen-bond donors (Lipinski definition) is 3. The third kappa shape index (κ3) is 3.73. The van der Waals surface area contributed by atoms with Crippen LogP contribution in [0.5, 0.6) is 0 Å². The molecule has 1 heterocycles. The lowest BCUT2D eigenvalue weighted by molar-refractivity contribution is -0.137. The molecule has 0 aliphatic heterocycles. The second-order valence-electron chi connectivity index (χ2n) is 5.43. The number of pyridine rings is 1. The maximum atomic E-state index is 12.7. The van der Waals surface area contributed by atoms with Crippen LogP contribution in [-0.2, 0) is 11.0 Å². The van der Waals surface area contributed by atoms with Gasteiger partial charge in [-0.2, -0.15) is 13.2 Å². The lowest BCUT2D eigenvalue weighted by atomic mass is 9.90. The topological polar surface area (TPSA) is 80.4 Å². The van der Waals surface area contributed by atoms with Gasteiger partial charge in [0.25, 0.3) is 0 Å². The van der Waals surface area contributed by atoms with Crippen LogP contribution in [-0.4, -0.2) is 21.3 Å². The van der Waals surface area contributed by atoms with E-state index >= 15 is 0 Å². The van der Waals surface area contributed by atoms with E-state index in [1.165, 1.54) is 13.8 Å². The Balaban J connectivity index is 2.91. The first-order valence-electron chi connectivity index (χ1n) is 5.84. The molecule has 0 unspecified atom stereocenters. The highest BCUT2D eigenvalue weighted by atomic mass is 19.4. The van der Waals surface area contributed by atoms with Gasteiger partial charge in [0.1, 0.15) is 11.4 Å². The predicted molar refractivity (Wildman–Crippen MR) is 68.7 cm³/mol. The predicted octanol–water partition coefficient (Wildman–Crippen LogP) is 2.58. The van der Waals surface area contributed by atoms with Gasteiger partial charge in [0, 0.05) is 0 Å². The summed E-state index contributed by atoms with van der Waals surface area (Å²) in [6, 6.07) is 0.794. The molecule has 0 aliphatic carbocycles. The van der Waals surface area contributed by atoms with E-state index in [1.54, 1.807) is 13.8 Å². The largest absolute Gasteiger partial charge is 0.420 e. The first kappa shape index (κ1) is 16.5. The van der Waals surface area contributed by atoms with Crippen LogP contribution in [0.2, 0.25) is 0 Å². The number of aliphatic hydroxyl groups is 1. The Morgan fingerprint density at radius 1 is 1.25 bits per heavy atom. The van der Waals surface area contributed by atoms with Crippen LogP contribution in [0.3, 0.4) is 0 Å². The quantitative estimate of drug-likeness (QED) is 0.743. The number of halogens is 3. The minimum absolute atomic E-state index is 0.0103. The van der Waals surface area contributed by atoms with E-state index in [4.69, 9.17) is 10.6 Å². The molecule has 0 atom stereocenters. The van der Waals surface area contributed by atoms with Crippen molar-refractivity contribution >= 4 is 11.5 Å². The van der Waals surface area contributed by atoms with Crippen LogP contribution >= 0.6 is 0 Å². The Labute approximate surface area is 114 Å². The second kappa shape index (κ2) is 5.10. The summed E-state index contributed by atoms with van der Waals surface area (Å²) < 4.78 is 38.0. The van der Waals surface area contributed by atoms with Gasteiger partial charge in [-0.05, 0) is 33.8 Å². The van der Waals surface area contributed by atoms with Crippen LogP contribution in [0, 0.1) is 0 Å². The second-order valence-corrected chi connectivity index (χ2v) is 5.43. The fraction of sp³-hybridized carbons (Fsp3) is 0.583. The van der Waals surface area contributed by atoms with Gasteiger partial charge in [0.05, 0.1) is 23.0 Å². The van der Waals surface area contributed by atoms with E-state index in [9.17, 15) is 18.3 Å². The van der Waals surface area contributed by atoms with Gasteiger partial charge < -0.3 is 10.8 Å². The van der Waals surface area contributed by atoms with Crippen molar-refractivity contribution in [3.63, 3.8) is 0 Å². The summed E-state index contributed by atoms with van der Waals surface area (Å²) in [4.78, 5) is 8.70. The highest BCUT2D eigenvalue weighted by molar-refractivity contribution is 5.51. The van der Waals surface area contributed by atoms with Crippen LogP contribution in [0.4, 0.5) is 24.7 Å². The lowest BCUT2D eigenvalue weighted by Crippen LogP contribution is -2.48. The molecule has 0 aromatic carbocycles. The first-order valence-corrected chi connectivity index (χ1v) is 5.84. The van der Waals surface area contributed by atoms with E-state index in [1.807, 2.05) is 0 Å². The highest BCUT2D eigenvalue weighted by Gasteiger charge is 2.37. The molecule has 0 spiro atoms. The van der Waals surface area contributed by atoms with Gasteiger partial charge in [0.15, 0.2) is 0 Å². The van der Waals surface area contributed by atoms with Crippen LogP contribution in [0.25, 0.3) is 0 Å². The Morgan fingerprint density at radius 3 is 2.25 bits per heavy atom. The Kier molecular flexibility index (Phi) is 4.21. The molecule has 20 heavy (non-hydrogen) atoms. The molecule has 0 saturated carbocycles. The van der Waals surface area contributed by atoms with Crippen molar-refractivity contribution in [3.8, 4) is 0 Å². The summed E-state index contributed by atoms with van der Waals surface area (Å²) in [7, 11) is 0. The molecule has 0 saturated heterocycles. The maximum Gasteiger partial charge on any atom is 0.420 e. The highest BCUT2D eigenvalue weighted by Crippen LogP contribution is 2.34. The molecule has 1 rings (SSSR count). The average Bonchev–Trinajstić information content (AvgIpc) is 2.24. The molecule has 0 radical (unpaired) electrons. The lowest BCUT2D eigenvalue weighted by Gasteiger charge is -2.36. The monoisotopic (exact) mass is 293 g/mol. The molecule has 4 N–H and O–H groups in total. The Bertz CT molecular complexity index is 482.